The molecule has 0 saturated heterocycles. The molecule has 86 valence electrons. The van der Waals surface area contributed by atoms with Gasteiger partial charge < -0.3 is 5.11 Å². The molecule has 1 N–H and O–H groups in total. The van der Waals surface area contributed by atoms with Gasteiger partial charge in [0.2, 0.25) is 0 Å². The Bertz CT molecular complexity index is 216. The molecule has 15 heavy (non-hydrogen) atoms. The minimum Gasteiger partial charge on any atom is -0.393 e. The van der Waals surface area contributed by atoms with Crippen LogP contribution < -0.4 is 0 Å². The fraction of sp³-hybridized carbons (Fsp3) is 0.917. The molecule has 1 atom stereocenters. The highest BCUT2D eigenvalue weighted by Gasteiger charge is 2.24. The largest absolute Gasteiger partial charge is 0.393 e. The maximum absolute atomic E-state index is 9.44. The first-order valence-electron chi connectivity index (χ1n) is 5.99. The van der Waals surface area contributed by atoms with Crippen LogP contribution in [0.4, 0.5) is 0 Å². The predicted molar refractivity (Wildman–Crippen MR) is 60.3 cm³/mol. The zero-order valence-corrected chi connectivity index (χ0v) is 9.82. The van der Waals surface area contributed by atoms with E-state index >= 15 is 0 Å². The van der Waals surface area contributed by atoms with Crippen LogP contribution in [0.15, 0.2) is 0 Å². The summed E-state index contributed by atoms with van der Waals surface area (Å²) in [5, 5.41) is 18.2. The average Bonchev–Trinajstić information content (AvgIpc) is 2.27. The van der Waals surface area contributed by atoms with Crippen molar-refractivity contribution < 1.29 is 5.11 Å². The molecule has 1 unspecified atom stereocenters. The normalized spacial score (nSPS) is 28.7. The zero-order valence-electron chi connectivity index (χ0n) is 9.82. The molecule has 0 bridgehead atoms. The summed E-state index contributed by atoms with van der Waals surface area (Å²) in [6.07, 6.45) is 3.90. The van der Waals surface area contributed by atoms with Crippen molar-refractivity contribution in [1.29, 1.82) is 5.26 Å². The predicted octanol–water partition coefficient (Wildman–Crippen LogP) is 1.77. The van der Waals surface area contributed by atoms with E-state index < -0.39 is 0 Å². The summed E-state index contributed by atoms with van der Waals surface area (Å²) in [5.74, 6) is 0.108. The molecule has 0 aromatic heterocycles. The van der Waals surface area contributed by atoms with Gasteiger partial charge in [-0.15, -0.1) is 0 Å². The van der Waals surface area contributed by atoms with Crippen molar-refractivity contribution in [2.24, 2.45) is 5.92 Å². The lowest BCUT2D eigenvalue weighted by molar-refractivity contribution is 0.0728. The summed E-state index contributed by atoms with van der Waals surface area (Å²) in [6.45, 7) is 6.00. The Kier molecular flexibility index (Phi) is 5.07. The van der Waals surface area contributed by atoms with E-state index in [1.165, 1.54) is 0 Å². The summed E-state index contributed by atoms with van der Waals surface area (Å²) in [4.78, 5) is 2.39. The van der Waals surface area contributed by atoms with Crippen LogP contribution in [0, 0.1) is 17.2 Å². The lowest BCUT2D eigenvalue weighted by Crippen LogP contribution is -2.41. The van der Waals surface area contributed by atoms with Gasteiger partial charge in [-0.1, -0.05) is 6.92 Å². The smallest absolute Gasteiger partial charge is 0.0666 e. The van der Waals surface area contributed by atoms with E-state index in [2.05, 4.69) is 17.9 Å². The SMILES string of the molecule is CCN(CC(C)C#N)C1CCC(O)CC1. The highest BCUT2D eigenvalue weighted by atomic mass is 16.3. The van der Waals surface area contributed by atoms with Gasteiger partial charge >= 0.3 is 0 Å². The van der Waals surface area contributed by atoms with Gasteiger partial charge in [-0.25, -0.2) is 0 Å². The molecule has 0 heterocycles. The summed E-state index contributed by atoms with van der Waals surface area (Å²) in [6, 6.07) is 2.86. The first-order chi connectivity index (χ1) is 7.17. The van der Waals surface area contributed by atoms with Crippen molar-refractivity contribution in [3.8, 4) is 6.07 Å². The zero-order chi connectivity index (χ0) is 11.3. The maximum atomic E-state index is 9.44. The highest BCUT2D eigenvalue weighted by molar-refractivity contribution is 4.85. The van der Waals surface area contributed by atoms with Gasteiger partial charge in [-0.3, -0.25) is 4.90 Å². The molecule has 0 aromatic rings. The first-order valence-corrected chi connectivity index (χ1v) is 5.99. The first kappa shape index (κ1) is 12.5. The summed E-state index contributed by atoms with van der Waals surface area (Å²) in [5.41, 5.74) is 0. The molecule has 1 rings (SSSR count). The van der Waals surface area contributed by atoms with Crippen molar-refractivity contribution in [1.82, 2.24) is 4.90 Å². The second-order valence-corrected chi connectivity index (χ2v) is 4.58. The van der Waals surface area contributed by atoms with Gasteiger partial charge in [0, 0.05) is 12.6 Å². The van der Waals surface area contributed by atoms with Gasteiger partial charge in [0.1, 0.15) is 0 Å². The average molecular weight is 210 g/mol. The number of hydrogen-bond acceptors (Lipinski definition) is 3. The van der Waals surface area contributed by atoms with Crippen molar-refractivity contribution in [3.05, 3.63) is 0 Å². The lowest BCUT2D eigenvalue weighted by Gasteiger charge is -2.35. The van der Waals surface area contributed by atoms with Crippen LogP contribution >= 0.6 is 0 Å². The Hall–Kier alpha value is -0.590. The lowest BCUT2D eigenvalue weighted by atomic mass is 9.91. The topological polar surface area (TPSA) is 47.3 Å². The molecule has 0 aromatic carbocycles. The monoisotopic (exact) mass is 210 g/mol. The Morgan fingerprint density at radius 1 is 1.40 bits per heavy atom. The minimum atomic E-state index is -0.0895. The van der Waals surface area contributed by atoms with Crippen LogP contribution in [0.2, 0.25) is 0 Å². The maximum Gasteiger partial charge on any atom is 0.0666 e. The van der Waals surface area contributed by atoms with E-state index in [0.29, 0.717) is 6.04 Å². The number of nitrogens with zero attached hydrogens (tertiary/aromatic N) is 2. The molecule has 3 nitrogen and oxygen atoms in total. The van der Waals surface area contributed by atoms with Crippen LogP contribution in [-0.4, -0.2) is 35.2 Å². The molecule has 1 fully saturated rings. The van der Waals surface area contributed by atoms with E-state index in [9.17, 15) is 5.11 Å². The summed E-state index contributed by atoms with van der Waals surface area (Å²) in [7, 11) is 0. The minimum absolute atomic E-state index is 0.0895. The van der Waals surface area contributed by atoms with Crippen LogP contribution in [0.25, 0.3) is 0 Å². The number of rotatable bonds is 4. The van der Waals surface area contributed by atoms with Crippen molar-refractivity contribution >= 4 is 0 Å². The molecule has 1 aliphatic rings. The number of aliphatic hydroxyl groups is 1. The quantitative estimate of drug-likeness (QED) is 0.769. The van der Waals surface area contributed by atoms with Gasteiger partial charge in [-0.05, 0) is 39.2 Å². The molecule has 0 amide bonds. The Morgan fingerprint density at radius 2 is 2.00 bits per heavy atom. The Balaban J connectivity index is 2.41. The molecular formula is C12H22N2O. The molecule has 0 aliphatic heterocycles. The Labute approximate surface area is 92.7 Å². The molecular weight excluding hydrogens is 188 g/mol. The molecule has 1 saturated carbocycles. The van der Waals surface area contributed by atoms with Crippen molar-refractivity contribution in [3.63, 3.8) is 0 Å². The fourth-order valence-corrected chi connectivity index (χ4v) is 2.35. The number of hydrogen-bond donors (Lipinski definition) is 1. The number of nitriles is 1. The van der Waals surface area contributed by atoms with Gasteiger partial charge in [0.25, 0.3) is 0 Å². The van der Waals surface area contributed by atoms with Crippen molar-refractivity contribution in [2.45, 2.75) is 51.7 Å². The molecule has 0 spiro atoms. The Morgan fingerprint density at radius 3 is 2.47 bits per heavy atom. The standard InChI is InChI=1S/C12H22N2O/c1-3-14(9-10(2)8-13)11-4-6-12(15)7-5-11/h10-12,15H,3-7,9H2,1-2H3. The van der Waals surface area contributed by atoms with Gasteiger partial charge in [0.05, 0.1) is 18.1 Å². The second-order valence-electron chi connectivity index (χ2n) is 4.58. The highest BCUT2D eigenvalue weighted by Crippen LogP contribution is 2.23. The fourth-order valence-electron chi connectivity index (χ4n) is 2.35. The third-order valence-corrected chi connectivity index (χ3v) is 3.32. The van der Waals surface area contributed by atoms with E-state index in [1.807, 2.05) is 6.92 Å². The van der Waals surface area contributed by atoms with Crippen LogP contribution in [0.5, 0.6) is 0 Å². The van der Waals surface area contributed by atoms with Crippen LogP contribution in [0.3, 0.4) is 0 Å². The third kappa shape index (κ3) is 3.81. The van der Waals surface area contributed by atoms with Crippen molar-refractivity contribution in [2.75, 3.05) is 13.1 Å². The molecule has 3 heteroatoms. The van der Waals surface area contributed by atoms with E-state index in [-0.39, 0.29) is 12.0 Å². The van der Waals surface area contributed by atoms with E-state index in [1.54, 1.807) is 0 Å². The van der Waals surface area contributed by atoms with Gasteiger partial charge in [0.15, 0.2) is 0 Å². The number of aliphatic hydroxyl groups excluding tert-OH is 1. The summed E-state index contributed by atoms with van der Waals surface area (Å²) < 4.78 is 0. The van der Waals surface area contributed by atoms with Crippen LogP contribution in [-0.2, 0) is 0 Å². The third-order valence-electron chi connectivity index (χ3n) is 3.32. The molecule has 1 aliphatic carbocycles. The second kappa shape index (κ2) is 6.09. The summed E-state index contributed by atoms with van der Waals surface area (Å²) >= 11 is 0. The van der Waals surface area contributed by atoms with Gasteiger partial charge in [-0.2, -0.15) is 5.26 Å². The van der Waals surface area contributed by atoms with E-state index in [4.69, 9.17) is 5.26 Å². The van der Waals surface area contributed by atoms with Crippen LogP contribution in [0.1, 0.15) is 39.5 Å². The van der Waals surface area contributed by atoms with E-state index in [0.717, 1.165) is 38.8 Å². The molecule has 0 radical (unpaired) electrons.